The quantitative estimate of drug-likeness (QED) is 0.479. The van der Waals surface area contributed by atoms with Crippen LogP contribution in [-0.4, -0.2) is 64.3 Å². The van der Waals surface area contributed by atoms with Gasteiger partial charge in [0.25, 0.3) is 0 Å². The van der Waals surface area contributed by atoms with E-state index in [0.717, 1.165) is 6.42 Å². The monoisotopic (exact) mass is 274 g/mol. The lowest BCUT2D eigenvalue weighted by molar-refractivity contribution is -0.298. The first kappa shape index (κ1) is 16.3. The Balaban J connectivity index is 2.44. The summed E-state index contributed by atoms with van der Waals surface area (Å²) in [7, 11) is 0. The van der Waals surface area contributed by atoms with Gasteiger partial charge in [0.05, 0.1) is 13.2 Å². The highest BCUT2D eigenvalue weighted by Gasteiger charge is 2.43. The van der Waals surface area contributed by atoms with E-state index in [1.165, 1.54) is 0 Å². The van der Waals surface area contributed by atoms with Crippen molar-refractivity contribution in [2.75, 3.05) is 13.2 Å². The second kappa shape index (κ2) is 8.42. The molecule has 110 valence electrons. The maximum absolute atomic E-state index is 9.68. The van der Waals surface area contributed by atoms with Crippen LogP contribution < -0.4 is 0 Å². The van der Waals surface area contributed by atoms with E-state index < -0.39 is 37.3 Å². The molecule has 6 nitrogen and oxygen atoms in total. The molecule has 1 aliphatic rings. The molecule has 1 aliphatic heterocycles. The van der Waals surface area contributed by atoms with Crippen LogP contribution in [0.4, 0.5) is 0 Å². The third kappa shape index (κ3) is 4.68. The van der Waals surface area contributed by atoms with Gasteiger partial charge in [0.15, 0.2) is 6.29 Å². The minimum atomic E-state index is -1.40. The van der Waals surface area contributed by atoms with Crippen molar-refractivity contribution in [1.82, 2.24) is 0 Å². The molecule has 0 aromatic heterocycles. The van der Waals surface area contributed by atoms with Crippen molar-refractivity contribution in [1.29, 1.82) is 0 Å². The summed E-state index contributed by atoms with van der Waals surface area (Å²) in [6, 6.07) is 0. The van der Waals surface area contributed by atoms with E-state index in [2.05, 4.69) is 0 Å². The van der Waals surface area contributed by atoms with Gasteiger partial charge in [-0.1, -0.05) is 31.2 Å². The molecule has 0 radical (unpaired) electrons. The number of ether oxygens (including phenoxy) is 2. The molecule has 6 heteroatoms. The largest absolute Gasteiger partial charge is 0.394 e. The molecule has 0 unspecified atom stereocenters. The molecule has 0 aromatic carbocycles. The second-order valence-electron chi connectivity index (χ2n) is 4.30. The summed E-state index contributed by atoms with van der Waals surface area (Å²) in [5.74, 6) is 0. The minimum absolute atomic E-state index is 0.191. The molecular formula is C13H22O6. The molecular weight excluding hydrogens is 252 g/mol. The zero-order valence-corrected chi connectivity index (χ0v) is 10.9. The fourth-order valence-corrected chi connectivity index (χ4v) is 1.70. The average Bonchev–Trinajstić information content (AvgIpc) is 2.42. The van der Waals surface area contributed by atoms with E-state index in [-0.39, 0.29) is 6.61 Å². The fourth-order valence-electron chi connectivity index (χ4n) is 1.70. The number of aliphatic hydroxyl groups excluding tert-OH is 4. The molecule has 0 amide bonds. The van der Waals surface area contributed by atoms with Crippen molar-refractivity contribution in [3.8, 4) is 0 Å². The van der Waals surface area contributed by atoms with Crippen molar-refractivity contribution in [3.05, 3.63) is 24.3 Å². The number of hydrogen-bond donors (Lipinski definition) is 4. The van der Waals surface area contributed by atoms with E-state index in [4.69, 9.17) is 14.6 Å². The zero-order chi connectivity index (χ0) is 14.3. The second-order valence-corrected chi connectivity index (χ2v) is 4.30. The van der Waals surface area contributed by atoms with Crippen LogP contribution in [0.5, 0.6) is 0 Å². The Kier molecular flexibility index (Phi) is 7.22. The predicted molar refractivity (Wildman–Crippen MR) is 68.3 cm³/mol. The van der Waals surface area contributed by atoms with Crippen molar-refractivity contribution in [3.63, 3.8) is 0 Å². The first-order valence-corrected chi connectivity index (χ1v) is 6.35. The van der Waals surface area contributed by atoms with Gasteiger partial charge in [-0.05, 0) is 6.42 Å². The molecule has 0 spiro atoms. The number of rotatable bonds is 6. The highest BCUT2D eigenvalue weighted by Crippen LogP contribution is 2.21. The Hall–Kier alpha value is -0.760. The van der Waals surface area contributed by atoms with Crippen LogP contribution in [0.15, 0.2) is 24.3 Å². The van der Waals surface area contributed by atoms with Crippen LogP contribution in [0, 0.1) is 0 Å². The SMILES string of the molecule is CC/C=C\C=C\CO[C@@H]1O[C@H](CO)[C@@H](O)[C@H](O)[C@H]1O. The molecule has 1 heterocycles. The summed E-state index contributed by atoms with van der Waals surface area (Å²) in [6.45, 7) is 1.76. The van der Waals surface area contributed by atoms with Gasteiger partial charge in [-0.15, -0.1) is 0 Å². The van der Waals surface area contributed by atoms with Gasteiger partial charge in [0, 0.05) is 0 Å². The summed E-state index contributed by atoms with van der Waals surface area (Å²) in [4.78, 5) is 0. The molecule has 4 N–H and O–H groups in total. The Labute approximate surface area is 112 Å². The van der Waals surface area contributed by atoms with Gasteiger partial charge in [-0.25, -0.2) is 0 Å². The van der Waals surface area contributed by atoms with Crippen molar-refractivity contribution >= 4 is 0 Å². The maximum atomic E-state index is 9.68. The molecule has 1 fully saturated rings. The summed E-state index contributed by atoms with van der Waals surface area (Å²) < 4.78 is 10.4. The highest BCUT2D eigenvalue weighted by atomic mass is 16.7. The van der Waals surface area contributed by atoms with Crippen molar-refractivity contribution in [2.45, 2.75) is 44.1 Å². The number of hydrogen-bond acceptors (Lipinski definition) is 6. The molecule has 0 bridgehead atoms. The van der Waals surface area contributed by atoms with Gasteiger partial charge in [-0.2, -0.15) is 0 Å². The standard InChI is InChI=1S/C13H22O6/c1-2-3-4-5-6-7-18-13-12(17)11(16)10(15)9(8-14)19-13/h3-6,9-17H,2,7-8H2,1H3/b4-3-,6-5+/t9-,10-,11+,12-,13-/m1/s1. The first-order chi connectivity index (χ1) is 9.11. The number of aliphatic hydroxyl groups is 4. The van der Waals surface area contributed by atoms with Crippen LogP contribution in [0.1, 0.15) is 13.3 Å². The third-order valence-electron chi connectivity index (χ3n) is 2.82. The normalized spacial score (nSPS) is 36.4. The van der Waals surface area contributed by atoms with Gasteiger partial charge in [0.1, 0.15) is 24.4 Å². The van der Waals surface area contributed by atoms with Crippen molar-refractivity contribution in [2.24, 2.45) is 0 Å². The molecule has 1 rings (SSSR count). The molecule has 0 aromatic rings. The highest BCUT2D eigenvalue weighted by molar-refractivity contribution is 5.02. The smallest absolute Gasteiger partial charge is 0.187 e. The van der Waals surface area contributed by atoms with Crippen LogP contribution in [0.2, 0.25) is 0 Å². The van der Waals surface area contributed by atoms with E-state index in [1.807, 2.05) is 19.1 Å². The molecule has 5 atom stereocenters. The van der Waals surface area contributed by atoms with E-state index >= 15 is 0 Å². The van der Waals surface area contributed by atoms with Crippen molar-refractivity contribution < 1.29 is 29.9 Å². The van der Waals surface area contributed by atoms with Crippen LogP contribution in [0.25, 0.3) is 0 Å². The summed E-state index contributed by atoms with van der Waals surface area (Å²) in [5, 5.41) is 37.8. The Morgan fingerprint density at radius 3 is 2.37 bits per heavy atom. The predicted octanol–water partition coefficient (Wildman–Crippen LogP) is -0.675. The summed E-state index contributed by atoms with van der Waals surface area (Å²) in [5.41, 5.74) is 0. The van der Waals surface area contributed by atoms with Gasteiger partial charge in [0.2, 0.25) is 0 Å². The zero-order valence-electron chi connectivity index (χ0n) is 10.9. The molecule has 0 saturated carbocycles. The van der Waals surface area contributed by atoms with Gasteiger partial charge >= 0.3 is 0 Å². The van der Waals surface area contributed by atoms with E-state index in [9.17, 15) is 15.3 Å². The lowest BCUT2D eigenvalue weighted by Gasteiger charge is -2.39. The summed E-state index contributed by atoms with van der Waals surface area (Å²) in [6.07, 6.45) is 2.20. The lowest BCUT2D eigenvalue weighted by atomic mass is 9.99. The average molecular weight is 274 g/mol. The topological polar surface area (TPSA) is 99.4 Å². The number of allylic oxidation sites excluding steroid dienone is 3. The van der Waals surface area contributed by atoms with Crippen LogP contribution in [0.3, 0.4) is 0 Å². The van der Waals surface area contributed by atoms with E-state index in [1.54, 1.807) is 12.2 Å². The fraction of sp³-hybridized carbons (Fsp3) is 0.692. The van der Waals surface area contributed by atoms with E-state index in [0.29, 0.717) is 0 Å². The maximum Gasteiger partial charge on any atom is 0.187 e. The Bertz CT molecular complexity index is 302. The Morgan fingerprint density at radius 2 is 1.74 bits per heavy atom. The minimum Gasteiger partial charge on any atom is -0.394 e. The Morgan fingerprint density at radius 1 is 1.05 bits per heavy atom. The summed E-state index contributed by atoms with van der Waals surface area (Å²) >= 11 is 0. The van der Waals surface area contributed by atoms with Crippen LogP contribution in [-0.2, 0) is 9.47 Å². The molecule has 0 aliphatic carbocycles. The van der Waals surface area contributed by atoms with Gasteiger partial charge < -0.3 is 29.9 Å². The molecule has 19 heavy (non-hydrogen) atoms. The van der Waals surface area contributed by atoms with Crippen LogP contribution >= 0.6 is 0 Å². The molecule has 1 saturated heterocycles. The first-order valence-electron chi connectivity index (χ1n) is 6.35. The lowest BCUT2D eigenvalue weighted by Crippen LogP contribution is -2.59. The third-order valence-corrected chi connectivity index (χ3v) is 2.82. The van der Waals surface area contributed by atoms with Gasteiger partial charge in [-0.3, -0.25) is 0 Å².